The Balaban J connectivity index is 1.77. The van der Waals surface area contributed by atoms with Crippen LogP contribution in [-0.4, -0.2) is 25.4 Å². The van der Waals surface area contributed by atoms with E-state index in [9.17, 15) is 0 Å². The van der Waals surface area contributed by atoms with Gasteiger partial charge >= 0.3 is 0 Å². The molecule has 0 aromatic heterocycles. The molecule has 3 nitrogen and oxygen atoms in total. The Morgan fingerprint density at radius 2 is 1.95 bits per heavy atom. The highest BCUT2D eigenvalue weighted by Gasteiger charge is 2.42. The summed E-state index contributed by atoms with van der Waals surface area (Å²) in [6, 6.07) is 5.49. The third kappa shape index (κ3) is 2.97. The Morgan fingerprint density at radius 1 is 1.20 bits per heavy atom. The van der Waals surface area contributed by atoms with E-state index in [1.54, 1.807) is 6.07 Å². The lowest BCUT2D eigenvalue weighted by molar-refractivity contribution is -0.101. The molecule has 3 unspecified atom stereocenters. The van der Waals surface area contributed by atoms with E-state index < -0.39 is 0 Å². The molecule has 2 aliphatic rings. The molecule has 0 radical (unpaired) electrons. The van der Waals surface area contributed by atoms with Gasteiger partial charge in [0.2, 0.25) is 0 Å². The molecule has 20 heavy (non-hydrogen) atoms. The van der Waals surface area contributed by atoms with Crippen molar-refractivity contribution in [3.8, 4) is 0 Å². The fourth-order valence-electron chi connectivity index (χ4n) is 3.28. The minimum absolute atomic E-state index is 0.0624. The predicted octanol–water partition coefficient (Wildman–Crippen LogP) is 3.58. The van der Waals surface area contributed by atoms with Gasteiger partial charge in [-0.2, -0.15) is 0 Å². The van der Waals surface area contributed by atoms with Crippen LogP contribution >= 0.6 is 23.2 Å². The second-order valence-corrected chi connectivity index (χ2v) is 6.69. The van der Waals surface area contributed by atoms with E-state index in [0.717, 1.165) is 38.0 Å². The van der Waals surface area contributed by atoms with Gasteiger partial charge in [0.1, 0.15) is 0 Å². The highest BCUT2D eigenvalue weighted by Crippen LogP contribution is 2.40. The maximum Gasteiger partial charge on any atom is 0.0940 e. The van der Waals surface area contributed by atoms with Gasteiger partial charge in [-0.3, -0.25) is 0 Å². The van der Waals surface area contributed by atoms with Crippen molar-refractivity contribution in [1.29, 1.82) is 0 Å². The monoisotopic (exact) mass is 315 g/mol. The van der Waals surface area contributed by atoms with Crippen LogP contribution in [0.5, 0.6) is 0 Å². The second kappa shape index (κ2) is 5.82. The minimum Gasteiger partial charge on any atom is -0.378 e. The molecule has 2 heterocycles. The Morgan fingerprint density at radius 3 is 2.60 bits per heavy atom. The zero-order valence-corrected chi connectivity index (χ0v) is 12.8. The van der Waals surface area contributed by atoms with E-state index in [4.69, 9.17) is 38.4 Å². The van der Waals surface area contributed by atoms with Crippen LogP contribution in [0.15, 0.2) is 18.2 Å². The third-order valence-electron chi connectivity index (χ3n) is 4.38. The molecule has 2 saturated heterocycles. The van der Waals surface area contributed by atoms with Crippen LogP contribution in [0, 0.1) is 5.92 Å². The number of ether oxygens (including phenoxy) is 2. The minimum atomic E-state index is -0.122. The van der Waals surface area contributed by atoms with E-state index in [0.29, 0.717) is 22.6 Å². The lowest BCUT2D eigenvalue weighted by Crippen LogP contribution is -2.43. The van der Waals surface area contributed by atoms with Crippen LogP contribution in [0.4, 0.5) is 0 Å². The molecule has 3 atom stereocenters. The number of benzene rings is 1. The molecule has 0 bridgehead atoms. The summed E-state index contributed by atoms with van der Waals surface area (Å²) in [4.78, 5) is 0. The largest absolute Gasteiger partial charge is 0.378 e. The van der Waals surface area contributed by atoms with Crippen LogP contribution < -0.4 is 5.73 Å². The summed E-state index contributed by atoms with van der Waals surface area (Å²) in [5.41, 5.74) is 7.33. The highest BCUT2D eigenvalue weighted by molar-refractivity contribution is 6.34. The Kier molecular flexibility index (Phi) is 4.25. The molecule has 0 aliphatic carbocycles. The van der Waals surface area contributed by atoms with E-state index in [2.05, 4.69) is 0 Å². The van der Waals surface area contributed by atoms with Crippen molar-refractivity contribution in [2.24, 2.45) is 11.7 Å². The summed E-state index contributed by atoms with van der Waals surface area (Å²) >= 11 is 12.1. The van der Waals surface area contributed by atoms with E-state index in [1.807, 2.05) is 12.1 Å². The van der Waals surface area contributed by atoms with Crippen molar-refractivity contribution < 1.29 is 9.47 Å². The summed E-state index contributed by atoms with van der Waals surface area (Å²) in [6.07, 6.45) is 2.87. The summed E-state index contributed by atoms with van der Waals surface area (Å²) in [6.45, 7) is 2.22. The number of hydrogen-bond donors (Lipinski definition) is 1. The Bertz CT molecular complexity index is 469. The van der Waals surface area contributed by atoms with Gasteiger partial charge in [-0.1, -0.05) is 23.2 Å². The van der Waals surface area contributed by atoms with Gasteiger partial charge in [0.25, 0.3) is 0 Å². The first-order valence-corrected chi connectivity index (χ1v) is 7.77. The van der Waals surface area contributed by atoms with Gasteiger partial charge < -0.3 is 15.2 Å². The first kappa shape index (κ1) is 14.6. The number of rotatable bonds is 2. The zero-order chi connectivity index (χ0) is 14.2. The van der Waals surface area contributed by atoms with Crippen LogP contribution in [0.25, 0.3) is 0 Å². The van der Waals surface area contributed by atoms with Crippen LogP contribution in [0.2, 0.25) is 10.0 Å². The molecule has 0 saturated carbocycles. The molecular formula is C15H19Cl2NO2. The van der Waals surface area contributed by atoms with E-state index >= 15 is 0 Å². The van der Waals surface area contributed by atoms with Crippen LogP contribution in [0.3, 0.4) is 0 Å². The predicted molar refractivity (Wildman–Crippen MR) is 80.2 cm³/mol. The summed E-state index contributed by atoms with van der Waals surface area (Å²) in [7, 11) is 0. The number of hydrogen-bond acceptors (Lipinski definition) is 3. The van der Waals surface area contributed by atoms with Crippen molar-refractivity contribution >= 4 is 23.2 Å². The molecule has 0 amide bonds. The fraction of sp³-hybridized carbons (Fsp3) is 0.600. The van der Waals surface area contributed by atoms with Gasteiger partial charge in [0, 0.05) is 35.7 Å². The molecule has 2 N–H and O–H groups in total. The standard InChI is InChI=1S/C15H19Cl2NO2/c16-12-5-11(6-13(17)7-12)14(18)10-1-3-20-15(8-10)2-4-19-9-15/h5-7,10,14H,1-4,8-9,18H2. The molecular weight excluding hydrogens is 297 g/mol. The van der Waals surface area contributed by atoms with Crippen molar-refractivity contribution in [2.75, 3.05) is 19.8 Å². The summed E-state index contributed by atoms with van der Waals surface area (Å²) in [5.74, 6) is 0.375. The number of halogens is 2. The van der Waals surface area contributed by atoms with Crippen LogP contribution in [-0.2, 0) is 9.47 Å². The Labute approximate surface area is 129 Å². The second-order valence-electron chi connectivity index (χ2n) is 5.82. The van der Waals surface area contributed by atoms with E-state index in [-0.39, 0.29) is 11.6 Å². The summed E-state index contributed by atoms with van der Waals surface area (Å²) in [5, 5.41) is 1.27. The first-order valence-electron chi connectivity index (χ1n) is 7.01. The molecule has 5 heteroatoms. The van der Waals surface area contributed by atoms with Crippen molar-refractivity contribution in [2.45, 2.75) is 30.9 Å². The quantitative estimate of drug-likeness (QED) is 0.907. The molecule has 1 aromatic rings. The molecule has 110 valence electrons. The molecule has 1 spiro atoms. The lowest BCUT2D eigenvalue weighted by atomic mass is 9.79. The zero-order valence-electron chi connectivity index (χ0n) is 11.3. The smallest absolute Gasteiger partial charge is 0.0940 e. The van der Waals surface area contributed by atoms with Crippen molar-refractivity contribution in [3.63, 3.8) is 0 Å². The van der Waals surface area contributed by atoms with Gasteiger partial charge in [-0.25, -0.2) is 0 Å². The van der Waals surface area contributed by atoms with Crippen molar-refractivity contribution in [3.05, 3.63) is 33.8 Å². The normalized spacial score (nSPS) is 31.6. The number of nitrogens with two attached hydrogens (primary N) is 1. The maximum atomic E-state index is 6.44. The van der Waals surface area contributed by atoms with Gasteiger partial charge in [-0.15, -0.1) is 0 Å². The lowest BCUT2D eigenvalue weighted by Gasteiger charge is -2.39. The Hall–Kier alpha value is -0.320. The van der Waals surface area contributed by atoms with Gasteiger partial charge in [0.05, 0.1) is 12.2 Å². The van der Waals surface area contributed by atoms with Crippen molar-refractivity contribution in [1.82, 2.24) is 0 Å². The molecule has 2 fully saturated rings. The van der Waals surface area contributed by atoms with Crippen LogP contribution in [0.1, 0.15) is 30.9 Å². The topological polar surface area (TPSA) is 44.5 Å². The molecule has 2 aliphatic heterocycles. The third-order valence-corrected chi connectivity index (χ3v) is 4.81. The highest BCUT2D eigenvalue weighted by atomic mass is 35.5. The average Bonchev–Trinajstić information content (AvgIpc) is 2.85. The maximum absolute atomic E-state index is 6.44. The first-order chi connectivity index (χ1) is 9.58. The molecule has 3 rings (SSSR count). The molecule has 1 aromatic carbocycles. The summed E-state index contributed by atoms with van der Waals surface area (Å²) < 4.78 is 11.5. The SMILES string of the molecule is NC(c1cc(Cl)cc(Cl)c1)C1CCOC2(CCOC2)C1. The average molecular weight is 316 g/mol. The fourth-order valence-corrected chi connectivity index (χ4v) is 3.82. The van der Waals surface area contributed by atoms with Gasteiger partial charge in [-0.05, 0) is 42.5 Å². The van der Waals surface area contributed by atoms with Gasteiger partial charge in [0.15, 0.2) is 0 Å². The van der Waals surface area contributed by atoms with E-state index in [1.165, 1.54) is 0 Å².